The molecule has 9 heteroatoms. The summed E-state index contributed by atoms with van der Waals surface area (Å²) in [6.45, 7) is 4.18. The van der Waals surface area contributed by atoms with Crippen LogP contribution in [0.2, 0.25) is 5.02 Å². The number of piperidine rings is 1. The molecule has 0 saturated carbocycles. The standard InChI is InChI=1S/C19H23ClN4O4/c1-2-27-19(18-22-16(23-28-18)15-4-3-11-26-15)6-9-24(10-7-19)17(25)14-12-13(20)5-8-21-14/h5,8,12,15H,2-4,6-7,9-11H2,1H3/t15-/m1/s1. The van der Waals surface area contributed by atoms with Crippen molar-refractivity contribution in [3.63, 3.8) is 0 Å². The third kappa shape index (κ3) is 3.76. The predicted molar refractivity (Wildman–Crippen MR) is 99.9 cm³/mol. The molecule has 4 rings (SSSR count). The Morgan fingerprint density at radius 1 is 1.43 bits per heavy atom. The molecule has 0 bridgehead atoms. The van der Waals surface area contributed by atoms with Crippen LogP contribution in [0, 0.1) is 0 Å². The van der Waals surface area contributed by atoms with Crippen LogP contribution in [0.5, 0.6) is 0 Å². The van der Waals surface area contributed by atoms with E-state index in [4.69, 9.17) is 25.6 Å². The first kappa shape index (κ1) is 19.3. The second kappa shape index (κ2) is 8.14. The number of carbonyl (C=O) groups is 1. The van der Waals surface area contributed by atoms with Gasteiger partial charge in [-0.25, -0.2) is 0 Å². The van der Waals surface area contributed by atoms with Crippen molar-refractivity contribution in [1.82, 2.24) is 20.0 Å². The molecule has 4 heterocycles. The molecular weight excluding hydrogens is 384 g/mol. The molecule has 1 atom stereocenters. The van der Waals surface area contributed by atoms with Crippen LogP contribution in [0.1, 0.15) is 60.9 Å². The number of aromatic nitrogens is 3. The van der Waals surface area contributed by atoms with Gasteiger partial charge in [-0.2, -0.15) is 4.98 Å². The van der Waals surface area contributed by atoms with Gasteiger partial charge in [-0.1, -0.05) is 16.8 Å². The van der Waals surface area contributed by atoms with Crippen LogP contribution in [0.15, 0.2) is 22.9 Å². The van der Waals surface area contributed by atoms with Gasteiger partial charge < -0.3 is 18.9 Å². The molecule has 0 unspecified atom stereocenters. The molecule has 2 aromatic heterocycles. The van der Waals surface area contributed by atoms with Crippen molar-refractivity contribution >= 4 is 17.5 Å². The fraction of sp³-hybridized carbons (Fsp3) is 0.579. The molecule has 0 N–H and O–H groups in total. The number of hydrogen-bond donors (Lipinski definition) is 0. The molecule has 1 amide bonds. The number of nitrogens with zero attached hydrogens (tertiary/aromatic N) is 4. The summed E-state index contributed by atoms with van der Waals surface area (Å²) in [5, 5.41) is 4.61. The van der Waals surface area contributed by atoms with E-state index in [1.54, 1.807) is 17.0 Å². The first-order chi connectivity index (χ1) is 13.6. The summed E-state index contributed by atoms with van der Waals surface area (Å²) in [5.41, 5.74) is -0.341. The van der Waals surface area contributed by atoms with E-state index in [9.17, 15) is 4.79 Å². The summed E-state index contributed by atoms with van der Waals surface area (Å²) in [5.74, 6) is 0.902. The highest BCUT2D eigenvalue weighted by atomic mass is 35.5. The molecule has 28 heavy (non-hydrogen) atoms. The third-order valence-corrected chi connectivity index (χ3v) is 5.50. The minimum absolute atomic E-state index is 0.105. The SMILES string of the molecule is CCOC1(c2nc([C@H]3CCCO3)no2)CCN(C(=O)c2cc(Cl)ccn2)CC1. The zero-order valence-electron chi connectivity index (χ0n) is 15.8. The number of halogens is 1. The third-order valence-electron chi connectivity index (χ3n) is 5.27. The van der Waals surface area contributed by atoms with Crippen LogP contribution in [-0.2, 0) is 15.1 Å². The molecule has 0 radical (unpaired) electrons. The maximum Gasteiger partial charge on any atom is 0.272 e. The average molecular weight is 407 g/mol. The normalized spacial score (nSPS) is 21.8. The van der Waals surface area contributed by atoms with Gasteiger partial charge in [0.15, 0.2) is 0 Å². The Balaban J connectivity index is 1.48. The van der Waals surface area contributed by atoms with E-state index in [0.717, 1.165) is 19.4 Å². The van der Waals surface area contributed by atoms with Crippen molar-refractivity contribution in [2.75, 3.05) is 26.3 Å². The fourth-order valence-electron chi connectivity index (χ4n) is 3.78. The van der Waals surface area contributed by atoms with Crippen molar-refractivity contribution in [3.05, 3.63) is 40.8 Å². The van der Waals surface area contributed by atoms with E-state index in [2.05, 4.69) is 15.1 Å². The van der Waals surface area contributed by atoms with Gasteiger partial charge in [0.25, 0.3) is 11.8 Å². The summed E-state index contributed by atoms with van der Waals surface area (Å²) >= 11 is 5.98. The maximum atomic E-state index is 12.7. The molecule has 8 nitrogen and oxygen atoms in total. The number of hydrogen-bond acceptors (Lipinski definition) is 7. The minimum atomic E-state index is -0.683. The van der Waals surface area contributed by atoms with Gasteiger partial charge in [0, 0.05) is 50.4 Å². The van der Waals surface area contributed by atoms with Crippen LogP contribution in [0.25, 0.3) is 0 Å². The van der Waals surface area contributed by atoms with Gasteiger partial charge in [0.1, 0.15) is 17.4 Å². The number of amides is 1. The topological polar surface area (TPSA) is 90.6 Å². The van der Waals surface area contributed by atoms with E-state index < -0.39 is 5.60 Å². The monoisotopic (exact) mass is 406 g/mol. The molecular formula is C19H23ClN4O4. The zero-order chi connectivity index (χ0) is 19.6. The molecule has 0 aliphatic carbocycles. The molecule has 0 aromatic carbocycles. The van der Waals surface area contributed by atoms with Crippen LogP contribution in [0.3, 0.4) is 0 Å². The molecule has 150 valence electrons. The molecule has 0 spiro atoms. The minimum Gasteiger partial charge on any atom is -0.370 e. The summed E-state index contributed by atoms with van der Waals surface area (Å²) < 4.78 is 17.3. The fourth-order valence-corrected chi connectivity index (χ4v) is 3.94. The lowest BCUT2D eigenvalue weighted by Gasteiger charge is -2.38. The van der Waals surface area contributed by atoms with Gasteiger partial charge in [-0.3, -0.25) is 9.78 Å². The molecule has 2 saturated heterocycles. The summed E-state index contributed by atoms with van der Waals surface area (Å²) in [7, 11) is 0. The highest BCUT2D eigenvalue weighted by molar-refractivity contribution is 6.30. The van der Waals surface area contributed by atoms with E-state index in [0.29, 0.717) is 55.0 Å². The Hall–Kier alpha value is -2.03. The van der Waals surface area contributed by atoms with E-state index in [1.807, 2.05) is 6.92 Å². The lowest BCUT2D eigenvalue weighted by molar-refractivity contribution is -0.0991. The number of carbonyl (C=O) groups excluding carboxylic acids is 1. The lowest BCUT2D eigenvalue weighted by Crippen LogP contribution is -2.47. The Labute approximate surface area is 168 Å². The van der Waals surface area contributed by atoms with Crippen molar-refractivity contribution in [3.8, 4) is 0 Å². The van der Waals surface area contributed by atoms with Gasteiger partial charge in [-0.05, 0) is 31.9 Å². The van der Waals surface area contributed by atoms with Crippen LogP contribution in [-0.4, -0.2) is 52.2 Å². The Bertz CT molecular complexity index is 829. The Morgan fingerprint density at radius 2 is 2.25 bits per heavy atom. The van der Waals surface area contributed by atoms with Crippen molar-refractivity contribution in [1.29, 1.82) is 0 Å². The first-order valence-electron chi connectivity index (χ1n) is 9.62. The van der Waals surface area contributed by atoms with Gasteiger partial charge >= 0.3 is 0 Å². The second-order valence-electron chi connectivity index (χ2n) is 7.04. The summed E-state index contributed by atoms with van der Waals surface area (Å²) in [6.07, 6.45) is 4.47. The van der Waals surface area contributed by atoms with Crippen LogP contribution in [0.4, 0.5) is 0 Å². The van der Waals surface area contributed by atoms with E-state index in [1.165, 1.54) is 6.20 Å². The smallest absolute Gasteiger partial charge is 0.272 e. The van der Waals surface area contributed by atoms with Crippen molar-refractivity contribution in [2.24, 2.45) is 0 Å². The number of pyridine rings is 1. The van der Waals surface area contributed by atoms with Gasteiger partial charge in [0.05, 0.1) is 0 Å². The molecule has 2 fully saturated rings. The van der Waals surface area contributed by atoms with Crippen LogP contribution < -0.4 is 0 Å². The summed E-state index contributed by atoms with van der Waals surface area (Å²) in [4.78, 5) is 23.2. The molecule has 2 aromatic rings. The Morgan fingerprint density at radius 3 is 2.93 bits per heavy atom. The van der Waals surface area contributed by atoms with Gasteiger partial charge in [0.2, 0.25) is 5.82 Å². The predicted octanol–water partition coefficient (Wildman–Crippen LogP) is 3.14. The average Bonchev–Trinajstić information content (AvgIpc) is 3.40. The zero-order valence-corrected chi connectivity index (χ0v) is 16.5. The Kier molecular flexibility index (Phi) is 5.61. The van der Waals surface area contributed by atoms with E-state index in [-0.39, 0.29) is 12.0 Å². The summed E-state index contributed by atoms with van der Waals surface area (Å²) in [6, 6.07) is 3.23. The lowest BCUT2D eigenvalue weighted by atomic mass is 9.90. The quantitative estimate of drug-likeness (QED) is 0.753. The van der Waals surface area contributed by atoms with Crippen molar-refractivity contribution < 1.29 is 18.8 Å². The second-order valence-corrected chi connectivity index (χ2v) is 7.47. The number of ether oxygens (including phenoxy) is 2. The number of rotatable bonds is 5. The van der Waals surface area contributed by atoms with Crippen LogP contribution >= 0.6 is 11.6 Å². The van der Waals surface area contributed by atoms with E-state index >= 15 is 0 Å². The molecule has 2 aliphatic heterocycles. The highest BCUT2D eigenvalue weighted by Crippen LogP contribution is 2.37. The maximum absolute atomic E-state index is 12.7. The number of likely N-dealkylation sites (tertiary alicyclic amines) is 1. The first-order valence-corrected chi connectivity index (χ1v) is 9.99. The largest absolute Gasteiger partial charge is 0.370 e. The highest BCUT2D eigenvalue weighted by Gasteiger charge is 2.43. The van der Waals surface area contributed by atoms with Crippen molar-refractivity contribution in [2.45, 2.75) is 44.3 Å². The van der Waals surface area contributed by atoms with Gasteiger partial charge in [-0.15, -0.1) is 0 Å². The molecule has 2 aliphatic rings.